The minimum atomic E-state index is -0.632. The average molecular weight is 375 g/mol. The third kappa shape index (κ3) is 4.16. The van der Waals surface area contributed by atoms with E-state index in [1.165, 1.54) is 19.3 Å². The molecule has 3 aliphatic rings. The second-order valence-electron chi connectivity index (χ2n) is 7.17. The van der Waals surface area contributed by atoms with Gasteiger partial charge in [0.15, 0.2) is 0 Å². The molecular weight excluding hydrogens is 350 g/mol. The van der Waals surface area contributed by atoms with Gasteiger partial charge in [0.05, 0.1) is 6.61 Å². The molecule has 0 saturated carbocycles. The topological polar surface area (TPSA) is 82.9 Å². The van der Waals surface area contributed by atoms with Crippen LogP contribution in [0.3, 0.4) is 0 Å². The molecule has 1 fully saturated rings. The molecule has 8 heteroatoms. The Morgan fingerprint density at radius 3 is 2.74 bits per heavy atom. The number of esters is 2. The summed E-state index contributed by atoms with van der Waals surface area (Å²) in [5, 5.41) is 4.46. The Hall–Kier alpha value is -2.35. The number of rotatable bonds is 5. The number of piperidine rings is 1. The number of hydrogen-bond donors (Lipinski definition) is 0. The SMILES string of the molecule is O=C1/C=C\C(=O)OC2CCCn3nc(OCCCN4CCCCC4)c(c32)O1. The highest BCUT2D eigenvalue weighted by Gasteiger charge is 2.34. The van der Waals surface area contributed by atoms with Gasteiger partial charge in [0.25, 0.3) is 5.88 Å². The number of carbonyl (C=O) groups is 2. The van der Waals surface area contributed by atoms with Crippen LogP contribution < -0.4 is 9.47 Å². The van der Waals surface area contributed by atoms with Crippen molar-refractivity contribution in [1.29, 1.82) is 0 Å². The smallest absolute Gasteiger partial charge is 0.336 e. The maximum Gasteiger partial charge on any atom is 0.336 e. The van der Waals surface area contributed by atoms with Gasteiger partial charge in [0.1, 0.15) is 11.8 Å². The van der Waals surface area contributed by atoms with Crippen LogP contribution in [0.5, 0.6) is 11.6 Å². The van der Waals surface area contributed by atoms with E-state index in [9.17, 15) is 9.59 Å². The molecule has 3 aliphatic heterocycles. The van der Waals surface area contributed by atoms with Gasteiger partial charge in [-0.2, -0.15) is 0 Å². The van der Waals surface area contributed by atoms with Gasteiger partial charge in [-0.25, -0.2) is 9.59 Å². The van der Waals surface area contributed by atoms with Crippen LogP contribution in [0.4, 0.5) is 0 Å². The highest BCUT2D eigenvalue weighted by molar-refractivity contribution is 5.93. The molecule has 4 rings (SSSR count). The van der Waals surface area contributed by atoms with Crippen molar-refractivity contribution in [1.82, 2.24) is 14.7 Å². The summed E-state index contributed by atoms with van der Waals surface area (Å²) in [7, 11) is 0. The molecule has 0 aliphatic carbocycles. The predicted octanol–water partition coefficient (Wildman–Crippen LogP) is 1.99. The van der Waals surface area contributed by atoms with Crippen molar-refractivity contribution in [2.75, 3.05) is 26.2 Å². The number of ether oxygens (including phenoxy) is 3. The number of carbonyl (C=O) groups excluding carboxylic acids is 2. The second-order valence-corrected chi connectivity index (χ2v) is 7.17. The fourth-order valence-corrected chi connectivity index (χ4v) is 3.88. The number of aromatic nitrogens is 2. The van der Waals surface area contributed by atoms with Crippen LogP contribution in [0.1, 0.15) is 50.3 Å². The summed E-state index contributed by atoms with van der Waals surface area (Å²) in [5.74, 6) is -0.604. The predicted molar refractivity (Wildman–Crippen MR) is 95.5 cm³/mol. The molecule has 1 aromatic heterocycles. The minimum absolute atomic E-state index is 0.280. The first-order chi connectivity index (χ1) is 13.2. The van der Waals surface area contributed by atoms with Crippen LogP contribution in [0.2, 0.25) is 0 Å². The zero-order chi connectivity index (χ0) is 18.6. The first kappa shape index (κ1) is 18.0. The van der Waals surface area contributed by atoms with Crippen LogP contribution in [0.15, 0.2) is 12.2 Å². The monoisotopic (exact) mass is 375 g/mol. The van der Waals surface area contributed by atoms with Gasteiger partial charge in [-0.15, -0.1) is 5.10 Å². The molecule has 0 bridgehead atoms. The van der Waals surface area contributed by atoms with Crippen LogP contribution in [-0.4, -0.2) is 52.9 Å². The fraction of sp³-hybridized carbons (Fsp3) is 0.632. The molecule has 146 valence electrons. The van der Waals surface area contributed by atoms with Crippen molar-refractivity contribution in [2.24, 2.45) is 0 Å². The molecule has 1 aromatic rings. The van der Waals surface area contributed by atoms with Gasteiger partial charge in [-0.3, -0.25) is 4.68 Å². The van der Waals surface area contributed by atoms with Gasteiger partial charge in [0.2, 0.25) is 5.75 Å². The van der Waals surface area contributed by atoms with E-state index >= 15 is 0 Å². The van der Waals surface area contributed by atoms with Gasteiger partial charge in [0, 0.05) is 25.2 Å². The Morgan fingerprint density at radius 1 is 1.07 bits per heavy atom. The Bertz CT molecular complexity index is 736. The van der Waals surface area contributed by atoms with E-state index in [0.29, 0.717) is 31.1 Å². The first-order valence-electron chi connectivity index (χ1n) is 9.77. The van der Waals surface area contributed by atoms with E-state index < -0.39 is 18.0 Å². The summed E-state index contributed by atoms with van der Waals surface area (Å²) >= 11 is 0. The van der Waals surface area contributed by atoms with Gasteiger partial charge in [-0.1, -0.05) is 6.42 Å². The Labute approximate surface area is 158 Å². The molecule has 1 saturated heterocycles. The van der Waals surface area contributed by atoms with Crippen molar-refractivity contribution in [3.8, 4) is 11.6 Å². The molecule has 0 amide bonds. The first-order valence-corrected chi connectivity index (χ1v) is 9.77. The fourth-order valence-electron chi connectivity index (χ4n) is 3.88. The highest BCUT2D eigenvalue weighted by Crippen LogP contribution is 2.41. The Kier molecular flexibility index (Phi) is 5.42. The van der Waals surface area contributed by atoms with Crippen molar-refractivity contribution < 1.29 is 23.8 Å². The van der Waals surface area contributed by atoms with Gasteiger partial charge in [-0.05, 0) is 45.2 Å². The lowest BCUT2D eigenvalue weighted by molar-refractivity contribution is -0.144. The zero-order valence-corrected chi connectivity index (χ0v) is 15.4. The Balaban J connectivity index is 1.46. The van der Waals surface area contributed by atoms with E-state index in [0.717, 1.165) is 44.6 Å². The molecule has 8 nitrogen and oxygen atoms in total. The van der Waals surface area contributed by atoms with E-state index in [4.69, 9.17) is 14.2 Å². The van der Waals surface area contributed by atoms with Crippen LogP contribution in [0.25, 0.3) is 0 Å². The van der Waals surface area contributed by atoms with E-state index in [1.54, 1.807) is 4.68 Å². The normalized spacial score (nSPS) is 24.1. The largest absolute Gasteiger partial charge is 0.474 e. The number of likely N-dealkylation sites (tertiary alicyclic amines) is 1. The molecule has 0 radical (unpaired) electrons. The third-order valence-electron chi connectivity index (χ3n) is 5.18. The van der Waals surface area contributed by atoms with Crippen molar-refractivity contribution in [3.05, 3.63) is 17.8 Å². The average Bonchev–Trinajstić information content (AvgIpc) is 3.04. The quantitative estimate of drug-likeness (QED) is 0.575. The highest BCUT2D eigenvalue weighted by atomic mass is 16.6. The molecule has 1 atom stereocenters. The van der Waals surface area contributed by atoms with Crippen LogP contribution in [-0.2, 0) is 20.9 Å². The van der Waals surface area contributed by atoms with Crippen molar-refractivity contribution >= 4 is 11.9 Å². The second kappa shape index (κ2) is 8.12. The number of nitrogens with zero attached hydrogens (tertiary/aromatic N) is 3. The lowest BCUT2D eigenvalue weighted by atomic mass is 10.1. The van der Waals surface area contributed by atoms with Crippen molar-refractivity contribution in [3.63, 3.8) is 0 Å². The summed E-state index contributed by atoms with van der Waals surface area (Å²) in [6.07, 6.45) is 7.93. The number of aryl methyl sites for hydroxylation is 1. The van der Waals surface area contributed by atoms with Crippen LogP contribution >= 0.6 is 0 Å². The van der Waals surface area contributed by atoms with Crippen molar-refractivity contribution in [2.45, 2.75) is 51.2 Å². The molecular formula is C19H25N3O5. The molecule has 4 heterocycles. The summed E-state index contributed by atoms with van der Waals surface area (Å²) in [6.45, 7) is 4.48. The van der Waals surface area contributed by atoms with Crippen LogP contribution in [0, 0.1) is 0 Å². The van der Waals surface area contributed by atoms with Gasteiger partial charge < -0.3 is 19.1 Å². The maximum absolute atomic E-state index is 12.0. The third-order valence-corrected chi connectivity index (χ3v) is 5.18. The van der Waals surface area contributed by atoms with E-state index in [-0.39, 0.29) is 5.75 Å². The van der Waals surface area contributed by atoms with E-state index in [2.05, 4.69) is 10.00 Å². The summed E-state index contributed by atoms with van der Waals surface area (Å²) in [6, 6.07) is 0. The minimum Gasteiger partial charge on any atom is -0.474 e. The molecule has 27 heavy (non-hydrogen) atoms. The molecule has 0 N–H and O–H groups in total. The lowest BCUT2D eigenvalue weighted by Gasteiger charge is -2.26. The summed E-state index contributed by atoms with van der Waals surface area (Å²) < 4.78 is 18.5. The lowest BCUT2D eigenvalue weighted by Crippen LogP contribution is -2.31. The Morgan fingerprint density at radius 2 is 1.89 bits per heavy atom. The summed E-state index contributed by atoms with van der Waals surface area (Å²) in [5.41, 5.74) is 0.609. The zero-order valence-electron chi connectivity index (χ0n) is 15.4. The molecule has 0 aromatic carbocycles. The standard InChI is InChI=1S/C19H25N3O5/c23-15-7-8-16(24)27-18-17-14(26-15)6-4-12-22(17)20-19(18)25-13-5-11-21-9-2-1-3-10-21/h7-8,14H,1-6,9-13H2/b8-7-. The molecule has 0 spiro atoms. The van der Waals surface area contributed by atoms with E-state index in [1.807, 2.05) is 0 Å². The molecule has 1 unspecified atom stereocenters. The van der Waals surface area contributed by atoms with Gasteiger partial charge >= 0.3 is 11.9 Å². The number of hydrogen-bond acceptors (Lipinski definition) is 7. The maximum atomic E-state index is 12.0. The summed E-state index contributed by atoms with van der Waals surface area (Å²) in [4.78, 5) is 26.3.